The molecule has 2 aromatic rings. The smallest absolute Gasteiger partial charge is 0.338 e. The van der Waals surface area contributed by atoms with E-state index >= 15 is 0 Å². The number of nitrogens with one attached hydrogen (secondary N) is 1. The van der Waals surface area contributed by atoms with E-state index in [-0.39, 0.29) is 11.5 Å². The van der Waals surface area contributed by atoms with Gasteiger partial charge in [-0.15, -0.1) is 0 Å². The average Bonchev–Trinajstić information content (AvgIpc) is 3.08. The number of benzene rings is 2. The van der Waals surface area contributed by atoms with Crippen LogP contribution in [0.25, 0.3) is 0 Å². The van der Waals surface area contributed by atoms with Gasteiger partial charge in [-0.05, 0) is 49.2 Å². The minimum atomic E-state index is -0.631. The van der Waals surface area contributed by atoms with Crippen molar-refractivity contribution in [2.75, 3.05) is 23.4 Å². The Kier molecular flexibility index (Phi) is 5.76. The van der Waals surface area contributed by atoms with Crippen LogP contribution in [0.1, 0.15) is 28.8 Å². The number of ether oxygens (including phenoxy) is 1. The topological polar surface area (TPSA) is 75.7 Å². The van der Waals surface area contributed by atoms with Gasteiger partial charge in [0.25, 0.3) is 5.91 Å². The second-order valence-corrected chi connectivity index (χ2v) is 6.71. The normalized spacial score (nSPS) is 13.6. The quantitative estimate of drug-likeness (QED) is 0.797. The number of halogens is 1. The summed E-state index contributed by atoms with van der Waals surface area (Å²) in [7, 11) is 0. The van der Waals surface area contributed by atoms with Crippen molar-refractivity contribution in [3.05, 3.63) is 58.6 Å². The maximum atomic E-state index is 12.2. The maximum Gasteiger partial charge on any atom is 0.338 e. The van der Waals surface area contributed by atoms with Gasteiger partial charge in [0.2, 0.25) is 5.91 Å². The largest absolute Gasteiger partial charge is 0.452 e. The van der Waals surface area contributed by atoms with E-state index in [1.807, 2.05) is 13.0 Å². The molecule has 1 aliphatic rings. The highest BCUT2D eigenvalue weighted by molar-refractivity contribution is 6.33. The minimum Gasteiger partial charge on any atom is -0.452 e. The number of hydrogen-bond acceptors (Lipinski definition) is 4. The molecule has 0 spiro atoms. The molecular formula is C20H19ClN2O4. The van der Waals surface area contributed by atoms with Gasteiger partial charge in [0.1, 0.15) is 0 Å². The van der Waals surface area contributed by atoms with Crippen molar-refractivity contribution in [3.8, 4) is 0 Å². The summed E-state index contributed by atoms with van der Waals surface area (Å²) in [5, 5.41) is 3.02. The summed E-state index contributed by atoms with van der Waals surface area (Å²) in [6, 6.07) is 11.9. The molecule has 27 heavy (non-hydrogen) atoms. The molecule has 0 aliphatic carbocycles. The maximum absolute atomic E-state index is 12.2. The van der Waals surface area contributed by atoms with Crippen molar-refractivity contribution in [3.63, 3.8) is 0 Å². The summed E-state index contributed by atoms with van der Waals surface area (Å²) in [5.74, 6) is -1.08. The number of anilines is 2. The Morgan fingerprint density at radius 3 is 2.74 bits per heavy atom. The Balaban J connectivity index is 1.59. The Morgan fingerprint density at radius 2 is 2.04 bits per heavy atom. The molecule has 3 rings (SSSR count). The zero-order valence-electron chi connectivity index (χ0n) is 14.8. The summed E-state index contributed by atoms with van der Waals surface area (Å²) in [5.41, 5.74) is 2.37. The second kappa shape index (κ2) is 8.22. The van der Waals surface area contributed by atoms with E-state index in [1.165, 1.54) is 0 Å². The summed E-state index contributed by atoms with van der Waals surface area (Å²) >= 11 is 6.07. The van der Waals surface area contributed by atoms with Gasteiger partial charge in [-0.2, -0.15) is 0 Å². The Bertz CT molecular complexity index is 897. The molecule has 1 saturated heterocycles. The van der Waals surface area contributed by atoms with Gasteiger partial charge in [0.05, 0.1) is 16.3 Å². The van der Waals surface area contributed by atoms with Gasteiger partial charge in [0, 0.05) is 18.7 Å². The molecule has 0 aromatic heterocycles. The van der Waals surface area contributed by atoms with Gasteiger partial charge in [-0.1, -0.05) is 23.7 Å². The van der Waals surface area contributed by atoms with E-state index in [2.05, 4.69) is 5.32 Å². The molecule has 0 unspecified atom stereocenters. The van der Waals surface area contributed by atoms with E-state index < -0.39 is 18.5 Å². The molecule has 2 aromatic carbocycles. The SMILES string of the molecule is Cc1ccc(NC(=O)COC(=O)c2cccc(N3CCCC3=O)c2)c(Cl)c1. The number of aryl methyl sites for hydroxylation is 1. The van der Waals surface area contributed by atoms with E-state index in [9.17, 15) is 14.4 Å². The fourth-order valence-electron chi connectivity index (χ4n) is 2.84. The predicted molar refractivity (Wildman–Crippen MR) is 103 cm³/mol. The third-order valence-electron chi connectivity index (χ3n) is 4.20. The Morgan fingerprint density at radius 1 is 1.22 bits per heavy atom. The first kappa shape index (κ1) is 18.9. The molecule has 1 N–H and O–H groups in total. The minimum absolute atomic E-state index is 0.0369. The molecule has 6 nitrogen and oxygen atoms in total. The number of carbonyl (C=O) groups excluding carboxylic acids is 3. The van der Waals surface area contributed by atoms with Crippen molar-refractivity contribution < 1.29 is 19.1 Å². The van der Waals surface area contributed by atoms with E-state index in [0.717, 1.165) is 12.0 Å². The lowest BCUT2D eigenvalue weighted by Gasteiger charge is -2.16. The molecular weight excluding hydrogens is 368 g/mol. The highest BCUT2D eigenvalue weighted by Crippen LogP contribution is 2.23. The molecule has 1 aliphatic heterocycles. The lowest BCUT2D eigenvalue weighted by atomic mass is 10.2. The van der Waals surface area contributed by atoms with Gasteiger partial charge in [-0.25, -0.2) is 4.79 Å². The summed E-state index contributed by atoms with van der Waals surface area (Å²) in [4.78, 5) is 37.7. The van der Waals surface area contributed by atoms with E-state index in [0.29, 0.717) is 29.4 Å². The molecule has 0 atom stereocenters. The second-order valence-electron chi connectivity index (χ2n) is 6.31. The van der Waals surface area contributed by atoms with Gasteiger partial charge < -0.3 is 15.0 Å². The highest BCUT2D eigenvalue weighted by atomic mass is 35.5. The first-order valence-corrected chi connectivity index (χ1v) is 8.95. The van der Waals surface area contributed by atoms with E-state index in [1.54, 1.807) is 41.3 Å². The third-order valence-corrected chi connectivity index (χ3v) is 4.51. The number of amides is 2. The van der Waals surface area contributed by atoms with E-state index in [4.69, 9.17) is 16.3 Å². The number of hydrogen-bond donors (Lipinski definition) is 1. The van der Waals surface area contributed by atoms with Crippen LogP contribution in [-0.2, 0) is 14.3 Å². The number of carbonyl (C=O) groups is 3. The fourth-order valence-corrected chi connectivity index (χ4v) is 3.13. The predicted octanol–water partition coefficient (Wildman–Crippen LogP) is 3.57. The lowest BCUT2D eigenvalue weighted by Crippen LogP contribution is -2.24. The first-order valence-electron chi connectivity index (χ1n) is 8.57. The van der Waals surface area contributed by atoms with Crippen molar-refractivity contribution in [1.82, 2.24) is 0 Å². The zero-order chi connectivity index (χ0) is 19.4. The lowest BCUT2D eigenvalue weighted by molar-refractivity contribution is -0.119. The van der Waals surface area contributed by atoms with Gasteiger partial charge >= 0.3 is 5.97 Å². The van der Waals surface area contributed by atoms with Crippen molar-refractivity contribution >= 4 is 40.8 Å². The zero-order valence-corrected chi connectivity index (χ0v) is 15.6. The van der Waals surface area contributed by atoms with Crippen LogP contribution in [0.5, 0.6) is 0 Å². The van der Waals surface area contributed by atoms with Crippen LogP contribution in [0, 0.1) is 6.92 Å². The molecule has 0 radical (unpaired) electrons. The number of rotatable bonds is 5. The van der Waals surface area contributed by atoms with Crippen LogP contribution < -0.4 is 10.2 Å². The van der Waals surface area contributed by atoms with Crippen LogP contribution in [0.3, 0.4) is 0 Å². The molecule has 0 saturated carbocycles. The standard InChI is InChI=1S/C20H19ClN2O4/c1-13-7-8-17(16(21)10-13)22-18(24)12-27-20(26)14-4-2-5-15(11-14)23-9-3-6-19(23)25/h2,4-5,7-8,10-11H,3,6,9,12H2,1H3,(H,22,24). The van der Waals surface area contributed by atoms with Crippen LogP contribution in [0.2, 0.25) is 5.02 Å². The third kappa shape index (κ3) is 4.65. The summed E-state index contributed by atoms with van der Waals surface area (Å²) in [6.45, 7) is 2.09. The number of nitrogens with zero attached hydrogens (tertiary/aromatic N) is 1. The molecule has 140 valence electrons. The van der Waals surface area contributed by atoms with Crippen LogP contribution in [-0.4, -0.2) is 30.9 Å². The fraction of sp³-hybridized carbons (Fsp3) is 0.250. The number of esters is 1. The van der Waals surface area contributed by atoms with Crippen molar-refractivity contribution in [1.29, 1.82) is 0 Å². The van der Waals surface area contributed by atoms with Crippen LogP contribution in [0.4, 0.5) is 11.4 Å². The average molecular weight is 387 g/mol. The molecule has 1 fully saturated rings. The molecule has 7 heteroatoms. The molecule has 2 amide bonds. The van der Waals surface area contributed by atoms with Crippen molar-refractivity contribution in [2.45, 2.75) is 19.8 Å². The Hall–Kier alpha value is -2.86. The highest BCUT2D eigenvalue weighted by Gasteiger charge is 2.22. The first-order chi connectivity index (χ1) is 12.9. The van der Waals surface area contributed by atoms with Crippen molar-refractivity contribution in [2.24, 2.45) is 0 Å². The van der Waals surface area contributed by atoms with Crippen LogP contribution in [0.15, 0.2) is 42.5 Å². The molecule has 0 bridgehead atoms. The summed E-state index contributed by atoms with van der Waals surface area (Å²) < 4.78 is 5.07. The molecule has 1 heterocycles. The van der Waals surface area contributed by atoms with Crippen LogP contribution >= 0.6 is 11.6 Å². The van der Waals surface area contributed by atoms with Gasteiger partial charge in [-0.3, -0.25) is 9.59 Å². The Labute approximate surface area is 162 Å². The van der Waals surface area contributed by atoms with Gasteiger partial charge in [0.15, 0.2) is 6.61 Å². The monoisotopic (exact) mass is 386 g/mol. The summed E-state index contributed by atoms with van der Waals surface area (Å²) in [6.07, 6.45) is 1.31.